The highest BCUT2D eigenvalue weighted by Gasteiger charge is 2.25. The minimum absolute atomic E-state index is 0.526. The molecule has 92 valence electrons. The molecular weight excluding hydrogens is 212 g/mol. The summed E-state index contributed by atoms with van der Waals surface area (Å²) >= 11 is 0. The summed E-state index contributed by atoms with van der Waals surface area (Å²) in [7, 11) is 3.42. The Morgan fingerprint density at radius 1 is 1.12 bits per heavy atom. The van der Waals surface area contributed by atoms with Crippen molar-refractivity contribution in [3.63, 3.8) is 0 Å². The lowest BCUT2D eigenvalue weighted by Crippen LogP contribution is -1.98. The van der Waals surface area contributed by atoms with Gasteiger partial charge in [0.2, 0.25) is 0 Å². The van der Waals surface area contributed by atoms with Crippen molar-refractivity contribution in [2.24, 2.45) is 5.92 Å². The molecule has 0 heterocycles. The number of hydrogen-bond acceptors (Lipinski definition) is 2. The molecule has 0 fully saturated rings. The smallest absolute Gasteiger partial charge is 0.130 e. The number of benzene rings is 1. The summed E-state index contributed by atoms with van der Waals surface area (Å²) in [6.45, 7) is 6.68. The molecule has 0 saturated heterocycles. The van der Waals surface area contributed by atoms with E-state index in [9.17, 15) is 0 Å². The molecule has 17 heavy (non-hydrogen) atoms. The first-order chi connectivity index (χ1) is 8.08. The molecule has 0 amide bonds. The van der Waals surface area contributed by atoms with Gasteiger partial charge in [-0.25, -0.2) is 0 Å². The molecule has 1 aliphatic rings. The van der Waals surface area contributed by atoms with Crippen LogP contribution in [0.25, 0.3) is 5.57 Å². The van der Waals surface area contributed by atoms with Crippen LogP contribution >= 0.6 is 0 Å². The highest BCUT2D eigenvalue weighted by molar-refractivity contribution is 5.81. The number of allylic oxidation sites excluding steroid dienone is 2. The first kappa shape index (κ1) is 12.0. The molecule has 0 bridgehead atoms. The second-order valence-electron chi connectivity index (χ2n) is 4.89. The van der Waals surface area contributed by atoms with Crippen molar-refractivity contribution in [2.75, 3.05) is 14.2 Å². The summed E-state index contributed by atoms with van der Waals surface area (Å²) in [6.07, 6.45) is 1.01. The molecule has 0 spiro atoms. The third-order valence-corrected chi connectivity index (χ3v) is 3.38. The van der Waals surface area contributed by atoms with E-state index < -0.39 is 0 Å². The molecule has 2 heteroatoms. The van der Waals surface area contributed by atoms with Crippen LogP contribution in [0.4, 0.5) is 0 Å². The van der Waals surface area contributed by atoms with Crippen molar-refractivity contribution in [1.29, 1.82) is 0 Å². The fraction of sp³-hybridized carbons (Fsp3) is 0.467. The van der Waals surface area contributed by atoms with Gasteiger partial charge < -0.3 is 9.47 Å². The number of fused-ring (bicyclic) bond motifs is 1. The Morgan fingerprint density at radius 3 is 2.35 bits per heavy atom. The minimum atomic E-state index is 0.526. The average molecular weight is 232 g/mol. The predicted octanol–water partition coefficient (Wildman–Crippen LogP) is 3.69. The molecule has 0 atom stereocenters. The number of methoxy groups -OCH3 is 2. The lowest BCUT2D eigenvalue weighted by Gasteiger charge is -2.15. The predicted molar refractivity (Wildman–Crippen MR) is 70.7 cm³/mol. The average Bonchev–Trinajstić information content (AvgIpc) is 2.63. The van der Waals surface area contributed by atoms with Gasteiger partial charge in [0.15, 0.2) is 0 Å². The topological polar surface area (TPSA) is 18.5 Å². The number of ether oxygens (including phenoxy) is 2. The highest BCUT2D eigenvalue weighted by Crippen LogP contribution is 2.44. The van der Waals surface area contributed by atoms with Gasteiger partial charge in [-0.1, -0.05) is 19.4 Å². The van der Waals surface area contributed by atoms with Crippen molar-refractivity contribution >= 4 is 5.57 Å². The largest absolute Gasteiger partial charge is 0.497 e. The molecule has 0 saturated carbocycles. The van der Waals surface area contributed by atoms with Crippen molar-refractivity contribution in [1.82, 2.24) is 0 Å². The minimum Gasteiger partial charge on any atom is -0.497 e. The van der Waals surface area contributed by atoms with E-state index in [1.54, 1.807) is 14.2 Å². The van der Waals surface area contributed by atoms with Gasteiger partial charge >= 0.3 is 0 Å². The summed E-state index contributed by atoms with van der Waals surface area (Å²) in [6, 6.07) is 4.09. The van der Waals surface area contributed by atoms with E-state index in [1.165, 1.54) is 22.3 Å². The summed E-state index contributed by atoms with van der Waals surface area (Å²) < 4.78 is 10.8. The second-order valence-corrected chi connectivity index (χ2v) is 4.89. The molecule has 0 radical (unpaired) electrons. The standard InChI is InChI=1S/C15H20O2/c1-9(2)14-10(3)6-11-7-12(16-4)8-13(17-5)15(11)14/h7-9H,6H2,1-5H3. The molecule has 1 aromatic rings. The van der Waals surface area contributed by atoms with Crippen molar-refractivity contribution in [2.45, 2.75) is 27.2 Å². The van der Waals surface area contributed by atoms with E-state index in [4.69, 9.17) is 9.47 Å². The van der Waals surface area contributed by atoms with E-state index >= 15 is 0 Å². The maximum absolute atomic E-state index is 5.51. The Kier molecular flexibility index (Phi) is 3.14. The van der Waals surface area contributed by atoms with Crippen LogP contribution in [0.2, 0.25) is 0 Å². The zero-order chi connectivity index (χ0) is 12.6. The third kappa shape index (κ3) is 1.92. The number of hydrogen-bond donors (Lipinski definition) is 0. The SMILES string of the molecule is COc1cc2c(c(OC)c1)C(C(C)C)=C(C)C2. The van der Waals surface area contributed by atoms with Crippen molar-refractivity contribution in [3.05, 3.63) is 28.8 Å². The quantitative estimate of drug-likeness (QED) is 0.791. The summed E-state index contributed by atoms with van der Waals surface area (Å²) in [5.41, 5.74) is 5.48. The van der Waals surface area contributed by atoms with Gasteiger partial charge in [-0.15, -0.1) is 0 Å². The fourth-order valence-corrected chi connectivity index (χ4v) is 2.74. The lowest BCUT2D eigenvalue weighted by molar-refractivity contribution is 0.393. The van der Waals surface area contributed by atoms with Crippen LogP contribution in [0.5, 0.6) is 11.5 Å². The summed E-state index contributed by atoms with van der Waals surface area (Å²) in [5, 5.41) is 0. The summed E-state index contributed by atoms with van der Waals surface area (Å²) in [4.78, 5) is 0. The lowest BCUT2D eigenvalue weighted by atomic mass is 9.94. The van der Waals surface area contributed by atoms with Gasteiger partial charge in [0.1, 0.15) is 11.5 Å². The van der Waals surface area contributed by atoms with Crippen molar-refractivity contribution in [3.8, 4) is 11.5 Å². The molecule has 1 aromatic carbocycles. The Labute approximate surface area is 103 Å². The van der Waals surface area contributed by atoms with Gasteiger partial charge in [0.05, 0.1) is 14.2 Å². The molecule has 0 N–H and O–H groups in total. The molecule has 2 nitrogen and oxygen atoms in total. The van der Waals surface area contributed by atoms with E-state index in [2.05, 4.69) is 26.8 Å². The summed E-state index contributed by atoms with van der Waals surface area (Å²) in [5.74, 6) is 2.33. The Balaban J connectivity index is 2.60. The van der Waals surface area contributed by atoms with Crippen LogP contribution in [0.1, 0.15) is 31.9 Å². The zero-order valence-corrected chi connectivity index (χ0v) is 11.3. The maximum Gasteiger partial charge on any atom is 0.130 e. The molecule has 0 aromatic heterocycles. The maximum atomic E-state index is 5.51. The van der Waals surface area contributed by atoms with Crippen LogP contribution in [0.15, 0.2) is 17.7 Å². The molecule has 0 unspecified atom stereocenters. The first-order valence-corrected chi connectivity index (χ1v) is 6.03. The van der Waals surface area contributed by atoms with Gasteiger partial charge in [-0.2, -0.15) is 0 Å². The molecular formula is C15H20O2. The first-order valence-electron chi connectivity index (χ1n) is 6.03. The van der Waals surface area contributed by atoms with E-state index in [-0.39, 0.29) is 0 Å². The van der Waals surface area contributed by atoms with E-state index in [0.29, 0.717) is 5.92 Å². The molecule has 2 rings (SSSR count). The Hall–Kier alpha value is -1.44. The Bertz CT molecular complexity index is 470. The number of rotatable bonds is 3. The van der Waals surface area contributed by atoms with Crippen LogP contribution in [0.3, 0.4) is 0 Å². The van der Waals surface area contributed by atoms with Crippen LogP contribution in [0, 0.1) is 5.92 Å². The Morgan fingerprint density at radius 2 is 1.82 bits per heavy atom. The van der Waals surface area contributed by atoms with Gasteiger partial charge in [0, 0.05) is 11.6 Å². The van der Waals surface area contributed by atoms with Crippen molar-refractivity contribution < 1.29 is 9.47 Å². The monoisotopic (exact) mass is 232 g/mol. The van der Waals surface area contributed by atoms with Gasteiger partial charge in [-0.05, 0) is 36.5 Å². The van der Waals surface area contributed by atoms with E-state index in [0.717, 1.165) is 17.9 Å². The third-order valence-electron chi connectivity index (χ3n) is 3.38. The zero-order valence-electron chi connectivity index (χ0n) is 11.3. The van der Waals surface area contributed by atoms with E-state index in [1.807, 2.05) is 6.07 Å². The highest BCUT2D eigenvalue weighted by atomic mass is 16.5. The van der Waals surface area contributed by atoms with Crippen LogP contribution in [-0.4, -0.2) is 14.2 Å². The van der Waals surface area contributed by atoms with Gasteiger partial charge in [0.25, 0.3) is 0 Å². The fourth-order valence-electron chi connectivity index (χ4n) is 2.74. The van der Waals surface area contributed by atoms with Crippen LogP contribution in [-0.2, 0) is 6.42 Å². The second kappa shape index (κ2) is 4.44. The molecule has 0 aliphatic heterocycles. The van der Waals surface area contributed by atoms with Gasteiger partial charge in [-0.3, -0.25) is 0 Å². The molecule has 1 aliphatic carbocycles. The normalized spacial score (nSPS) is 14.2. The van der Waals surface area contributed by atoms with Crippen LogP contribution < -0.4 is 9.47 Å².